The Morgan fingerprint density at radius 1 is 0.974 bits per heavy atom. The minimum Gasteiger partial charge on any atom is -0.366 e. The maximum Gasteiger partial charge on any atom is 0.250 e. The van der Waals surface area contributed by atoms with Crippen LogP contribution >= 0.6 is 11.9 Å². The second kappa shape index (κ2) is 16.1. The molecule has 0 bridgehead atoms. The van der Waals surface area contributed by atoms with E-state index in [-0.39, 0.29) is 5.91 Å². The van der Waals surface area contributed by atoms with Crippen LogP contribution in [-0.4, -0.2) is 52.0 Å². The average molecular weight is 551 g/mol. The SMILES string of the molecule is CC.CC.CCCCSN1CCC(c2c[nH]c3c(C(N)=O)cc(-c4ccc(CN5CCCC5)cc4)cc23)CC1. The maximum absolute atomic E-state index is 12.4. The van der Waals surface area contributed by atoms with E-state index in [2.05, 4.69) is 57.6 Å². The highest BCUT2D eigenvalue weighted by atomic mass is 32.2. The number of carbonyl (C=O) groups is 1. The van der Waals surface area contributed by atoms with Crippen LogP contribution in [0.2, 0.25) is 0 Å². The monoisotopic (exact) mass is 550 g/mol. The van der Waals surface area contributed by atoms with E-state index in [4.69, 9.17) is 5.73 Å². The Balaban J connectivity index is 0.00000100. The second-order valence-corrected chi connectivity index (χ2v) is 11.3. The molecule has 2 aliphatic rings. The first kappa shape index (κ1) is 31.3. The van der Waals surface area contributed by atoms with E-state index in [0.29, 0.717) is 11.5 Å². The quantitative estimate of drug-likeness (QED) is 0.208. The summed E-state index contributed by atoms with van der Waals surface area (Å²) in [6, 6.07) is 13.0. The Labute approximate surface area is 241 Å². The Morgan fingerprint density at radius 2 is 1.64 bits per heavy atom. The summed E-state index contributed by atoms with van der Waals surface area (Å²) < 4.78 is 2.53. The minimum atomic E-state index is -0.377. The number of nitrogens with one attached hydrogen (secondary N) is 1. The van der Waals surface area contributed by atoms with Gasteiger partial charge in [0.15, 0.2) is 0 Å². The van der Waals surface area contributed by atoms with Crippen molar-refractivity contribution >= 4 is 28.8 Å². The van der Waals surface area contributed by atoms with E-state index in [1.807, 2.05) is 45.7 Å². The third kappa shape index (κ3) is 8.12. The van der Waals surface area contributed by atoms with Crippen LogP contribution in [-0.2, 0) is 6.54 Å². The lowest BCUT2D eigenvalue weighted by molar-refractivity contribution is 0.100. The molecular weight excluding hydrogens is 500 g/mol. The van der Waals surface area contributed by atoms with Crippen molar-refractivity contribution in [3.8, 4) is 11.1 Å². The van der Waals surface area contributed by atoms with Gasteiger partial charge in [0, 0.05) is 37.0 Å². The Morgan fingerprint density at radius 3 is 2.26 bits per heavy atom. The van der Waals surface area contributed by atoms with Gasteiger partial charge in [-0.25, -0.2) is 0 Å². The topological polar surface area (TPSA) is 65.4 Å². The Kier molecular flexibility index (Phi) is 12.9. The van der Waals surface area contributed by atoms with Gasteiger partial charge in [0.1, 0.15) is 0 Å². The normalized spacial score (nSPS) is 16.4. The highest BCUT2D eigenvalue weighted by Gasteiger charge is 2.24. The smallest absolute Gasteiger partial charge is 0.250 e. The molecule has 0 aliphatic carbocycles. The summed E-state index contributed by atoms with van der Waals surface area (Å²) in [5, 5.41) is 1.15. The molecule has 2 aromatic carbocycles. The number of unbranched alkanes of at least 4 members (excludes halogenated alkanes) is 1. The molecule has 6 heteroatoms. The number of primary amides is 1. The molecule has 2 saturated heterocycles. The lowest BCUT2D eigenvalue weighted by atomic mass is 9.88. The van der Waals surface area contributed by atoms with Gasteiger partial charge in [-0.3, -0.25) is 14.0 Å². The Bertz CT molecular complexity index is 1140. The molecule has 2 fully saturated rings. The number of aromatic amines is 1. The molecule has 0 saturated carbocycles. The highest BCUT2D eigenvalue weighted by molar-refractivity contribution is 7.97. The van der Waals surface area contributed by atoms with E-state index < -0.39 is 0 Å². The summed E-state index contributed by atoms with van der Waals surface area (Å²) in [5.74, 6) is 1.35. The summed E-state index contributed by atoms with van der Waals surface area (Å²) in [4.78, 5) is 18.3. The molecule has 0 unspecified atom stereocenters. The van der Waals surface area contributed by atoms with Crippen LogP contribution in [0, 0.1) is 0 Å². The van der Waals surface area contributed by atoms with Gasteiger partial charge < -0.3 is 10.7 Å². The van der Waals surface area contributed by atoms with Crippen molar-refractivity contribution in [1.29, 1.82) is 0 Å². The fourth-order valence-corrected chi connectivity index (χ4v) is 6.73. The summed E-state index contributed by atoms with van der Waals surface area (Å²) >= 11 is 2.00. The summed E-state index contributed by atoms with van der Waals surface area (Å²) in [7, 11) is 0. The van der Waals surface area contributed by atoms with Crippen molar-refractivity contribution in [2.45, 2.75) is 85.6 Å². The third-order valence-electron chi connectivity index (χ3n) is 7.64. The lowest BCUT2D eigenvalue weighted by Crippen LogP contribution is -2.27. The predicted molar refractivity (Wildman–Crippen MR) is 170 cm³/mol. The first-order valence-electron chi connectivity index (χ1n) is 15.3. The molecule has 5 nitrogen and oxygen atoms in total. The number of rotatable bonds is 9. The average Bonchev–Trinajstić information content (AvgIpc) is 3.66. The van der Waals surface area contributed by atoms with Crippen LogP contribution in [0.3, 0.4) is 0 Å². The summed E-state index contributed by atoms with van der Waals surface area (Å²) in [6.45, 7) is 15.9. The van der Waals surface area contributed by atoms with Crippen molar-refractivity contribution < 1.29 is 4.79 Å². The molecule has 3 aromatic rings. The molecule has 5 rings (SSSR count). The first-order valence-corrected chi connectivity index (χ1v) is 16.2. The first-order chi connectivity index (χ1) is 19.1. The Hall–Kier alpha value is -2.28. The number of H-pyrrole nitrogens is 1. The number of nitrogens with two attached hydrogens (primary N) is 1. The molecule has 3 N–H and O–H groups in total. The predicted octanol–water partition coefficient (Wildman–Crippen LogP) is 8.21. The van der Waals surface area contributed by atoms with Crippen molar-refractivity contribution in [3.05, 3.63) is 59.3 Å². The number of amides is 1. The van der Waals surface area contributed by atoms with Crippen molar-refractivity contribution in [2.75, 3.05) is 31.9 Å². The molecule has 1 aromatic heterocycles. The number of likely N-dealkylation sites (tertiary alicyclic amines) is 1. The second-order valence-electron chi connectivity index (χ2n) is 10.1. The zero-order valence-electron chi connectivity index (χ0n) is 24.9. The molecule has 3 heterocycles. The van der Waals surface area contributed by atoms with Crippen LogP contribution in [0.15, 0.2) is 42.6 Å². The molecule has 39 heavy (non-hydrogen) atoms. The molecule has 214 valence electrons. The lowest BCUT2D eigenvalue weighted by Gasteiger charge is -2.31. The van der Waals surface area contributed by atoms with Crippen LogP contribution in [0.25, 0.3) is 22.0 Å². The number of carbonyl (C=O) groups excluding carboxylic acids is 1. The standard InChI is InChI=1S/C29H38N4OS.2C2H6/c1-2-3-16-35-33-14-10-23(11-15-33)27-19-31-28-25(27)17-24(18-26(28)29(30)34)22-8-6-21(7-9-22)20-32-12-4-5-13-32;2*1-2/h6-9,17-19,23,31H,2-5,10-16,20H2,1H3,(H2,30,34);2*1-2H3. The number of benzene rings is 2. The van der Waals surface area contributed by atoms with Gasteiger partial charge in [0.05, 0.1) is 11.1 Å². The minimum absolute atomic E-state index is 0.377. The number of piperidine rings is 1. The third-order valence-corrected chi connectivity index (χ3v) is 8.85. The summed E-state index contributed by atoms with van der Waals surface area (Å²) in [5.41, 5.74) is 12.2. The van der Waals surface area contributed by atoms with E-state index in [1.165, 1.54) is 55.7 Å². The zero-order chi connectivity index (χ0) is 28.2. The van der Waals surface area contributed by atoms with Gasteiger partial charge in [-0.1, -0.05) is 77.3 Å². The van der Waals surface area contributed by atoms with Crippen LogP contribution in [0.5, 0.6) is 0 Å². The molecule has 0 radical (unpaired) electrons. The number of hydrogen-bond acceptors (Lipinski definition) is 4. The molecule has 2 aliphatic heterocycles. The zero-order valence-corrected chi connectivity index (χ0v) is 25.7. The van der Waals surface area contributed by atoms with Crippen LogP contribution < -0.4 is 5.73 Å². The number of hydrogen-bond donors (Lipinski definition) is 2. The van der Waals surface area contributed by atoms with E-state index in [1.54, 1.807) is 0 Å². The summed E-state index contributed by atoms with van der Waals surface area (Å²) in [6.07, 6.45) is 9.56. The number of fused-ring (bicyclic) bond motifs is 1. The molecule has 0 spiro atoms. The van der Waals surface area contributed by atoms with Crippen molar-refractivity contribution in [2.24, 2.45) is 5.73 Å². The van der Waals surface area contributed by atoms with Gasteiger partial charge in [0.2, 0.25) is 0 Å². The van der Waals surface area contributed by atoms with E-state index in [9.17, 15) is 4.79 Å². The fraction of sp³-hybridized carbons (Fsp3) is 0.545. The van der Waals surface area contributed by atoms with Gasteiger partial charge in [0.25, 0.3) is 5.91 Å². The number of aromatic nitrogens is 1. The fourth-order valence-electron chi connectivity index (χ4n) is 5.59. The molecule has 0 atom stereocenters. The molecule has 1 amide bonds. The van der Waals surface area contributed by atoms with Crippen LogP contribution in [0.1, 0.15) is 101 Å². The maximum atomic E-state index is 12.4. The van der Waals surface area contributed by atoms with Gasteiger partial charge >= 0.3 is 0 Å². The largest absolute Gasteiger partial charge is 0.366 e. The molecular formula is C33H50N4OS. The van der Waals surface area contributed by atoms with Crippen molar-refractivity contribution in [3.63, 3.8) is 0 Å². The van der Waals surface area contributed by atoms with Crippen LogP contribution in [0.4, 0.5) is 0 Å². The number of nitrogens with zero attached hydrogens (tertiary/aromatic N) is 2. The van der Waals surface area contributed by atoms with Gasteiger partial charge in [-0.2, -0.15) is 0 Å². The van der Waals surface area contributed by atoms with Crippen molar-refractivity contribution in [1.82, 2.24) is 14.2 Å². The van der Waals surface area contributed by atoms with Gasteiger partial charge in [-0.15, -0.1) is 0 Å². The highest BCUT2D eigenvalue weighted by Crippen LogP contribution is 2.38. The van der Waals surface area contributed by atoms with E-state index >= 15 is 0 Å². The van der Waals surface area contributed by atoms with Gasteiger partial charge in [-0.05, 0) is 85.5 Å². The van der Waals surface area contributed by atoms with E-state index in [0.717, 1.165) is 54.5 Å².